The van der Waals surface area contributed by atoms with Gasteiger partial charge in [0.15, 0.2) is 0 Å². The lowest BCUT2D eigenvalue weighted by molar-refractivity contribution is 0.0531. The van der Waals surface area contributed by atoms with Gasteiger partial charge in [-0.15, -0.1) is 22.7 Å². The largest absolute Gasteiger partial charge is 0.497 e. The van der Waals surface area contributed by atoms with E-state index in [1.54, 1.807) is 26.0 Å². The molecule has 5 aromatic rings. The summed E-state index contributed by atoms with van der Waals surface area (Å²) >= 11 is 2.53. The number of anilines is 2. The summed E-state index contributed by atoms with van der Waals surface area (Å²) in [5, 5.41) is 3.94. The average molecular weight is 608 g/mol. The Morgan fingerprint density at radius 2 is 1.66 bits per heavy atom. The van der Waals surface area contributed by atoms with Crippen LogP contribution in [0.4, 0.5) is 10.7 Å². The monoisotopic (exact) mass is 607 g/mol. The van der Waals surface area contributed by atoms with E-state index in [4.69, 9.17) is 14.5 Å². The summed E-state index contributed by atoms with van der Waals surface area (Å²) in [7, 11) is -2.52. The van der Waals surface area contributed by atoms with Gasteiger partial charge in [0.25, 0.3) is 15.9 Å². The third-order valence-corrected chi connectivity index (χ3v) is 9.75. The first kappa shape index (κ1) is 28.3. The van der Waals surface area contributed by atoms with Gasteiger partial charge < -0.3 is 14.8 Å². The lowest BCUT2D eigenvalue weighted by Gasteiger charge is -2.13. The fraction of sp³-hybridized carbons (Fsp3) is 0.138. The topological polar surface area (TPSA) is 124 Å². The molecule has 0 aliphatic rings. The maximum Gasteiger partial charge on any atom is 0.348 e. The molecule has 1 amide bonds. The third kappa shape index (κ3) is 5.80. The number of ether oxygens (including phenoxy) is 2. The van der Waals surface area contributed by atoms with Gasteiger partial charge in [-0.1, -0.05) is 24.3 Å². The van der Waals surface area contributed by atoms with E-state index in [0.29, 0.717) is 31.8 Å². The molecule has 0 aliphatic heterocycles. The Morgan fingerprint density at radius 3 is 2.37 bits per heavy atom. The molecule has 210 valence electrons. The van der Waals surface area contributed by atoms with Gasteiger partial charge in [-0.2, -0.15) is 0 Å². The molecule has 0 radical (unpaired) electrons. The molecule has 41 heavy (non-hydrogen) atoms. The molecular weight excluding hydrogens is 583 g/mol. The number of para-hydroxylation sites is 2. The van der Waals surface area contributed by atoms with Crippen molar-refractivity contribution in [1.29, 1.82) is 0 Å². The van der Waals surface area contributed by atoms with Crippen molar-refractivity contribution in [2.24, 2.45) is 0 Å². The fourth-order valence-electron chi connectivity index (χ4n) is 4.13. The van der Waals surface area contributed by atoms with Gasteiger partial charge in [0.05, 0.1) is 40.1 Å². The second-order valence-corrected chi connectivity index (χ2v) is 12.5. The van der Waals surface area contributed by atoms with E-state index in [0.717, 1.165) is 21.6 Å². The van der Waals surface area contributed by atoms with Crippen molar-refractivity contribution < 1.29 is 27.5 Å². The van der Waals surface area contributed by atoms with Crippen molar-refractivity contribution in [2.45, 2.75) is 18.7 Å². The second-order valence-electron chi connectivity index (χ2n) is 8.75. The number of sulfonamides is 1. The van der Waals surface area contributed by atoms with Crippen molar-refractivity contribution in [2.75, 3.05) is 23.8 Å². The van der Waals surface area contributed by atoms with Crippen LogP contribution in [0.25, 0.3) is 20.8 Å². The van der Waals surface area contributed by atoms with Crippen LogP contribution in [0.3, 0.4) is 0 Å². The lowest BCUT2D eigenvalue weighted by atomic mass is 10.1. The molecule has 0 fully saturated rings. The molecule has 0 bridgehead atoms. The summed E-state index contributed by atoms with van der Waals surface area (Å²) in [6.07, 6.45) is 0. The number of fused-ring (bicyclic) bond motifs is 1. The molecule has 0 saturated carbocycles. The standard InChI is InChI=1S/C29H25N3O6S3/c1-4-38-29(34)25-17(2)24(27-30-22-11-7-8-12-23(22)39-27)28(40-25)31-26(33)20-9-5-6-10-21(20)32-41(35,36)19-15-13-18(37-3)14-16-19/h5-16,32H,4H2,1-3H3,(H,31,33). The SMILES string of the molecule is CCOC(=O)c1sc(NC(=O)c2ccccc2NS(=O)(=O)c2ccc(OC)cc2)c(-c2nc3ccccc3s2)c1C. The van der Waals surface area contributed by atoms with Crippen LogP contribution in [0, 0.1) is 6.92 Å². The van der Waals surface area contributed by atoms with Crippen LogP contribution in [-0.2, 0) is 14.8 Å². The molecule has 0 atom stereocenters. The van der Waals surface area contributed by atoms with E-state index in [1.165, 1.54) is 54.8 Å². The van der Waals surface area contributed by atoms with E-state index >= 15 is 0 Å². The minimum absolute atomic E-state index is 0.0135. The molecule has 0 unspecified atom stereocenters. The Kier molecular flexibility index (Phi) is 8.06. The molecule has 5 rings (SSSR count). The molecule has 3 aromatic carbocycles. The maximum atomic E-state index is 13.6. The lowest BCUT2D eigenvalue weighted by Crippen LogP contribution is -2.18. The Balaban J connectivity index is 1.51. The predicted molar refractivity (Wildman–Crippen MR) is 162 cm³/mol. The van der Waals surface area contributed by atoms with Crippen LogP contribution in [0.2, 0.25) is 0 Å². The minimum atomic E-state index is -4.01. The third-order valence-electron chi connectivity index (χ3n) is 6.13. The molecule has 0 saturated heterocycles. The van der Waals surface area contributed by atoms with Crippen LogP contribution >= 0.6 is 22.7 Å². The average Bonchev–Trinajstić information content (AvgIpc) is 3.53. The highest BCUT2D eigenvalue weighted by molar-refractivity contribution is 7.92. The van der Waals surface area contributed by atoms with Crippen molar-refractivity contribution in [3.05, 3.63) is 88.8 Å². The number of nitrogens with zero attached hydrogens (tertiary/aromatic N) is 1. The van der Waals surface area contributed by atoms with Crippen LogP contribution in [-0.4, -0.2) is 39.0 Å². The highest BCUT2D eigenvalue weighted by atomic mass is 32.2. The van der Waals surface area contributed by atoms with Gasteiger partial charge >= 0.3 is 5.97 Å². The summed E-state index contributed by atoms with van der Waals surface area (Å²) in [5.74, 6) is -0.538. The number of esters is 1. The smallest absolute Gasteiger partial charge is 0.348 e. The number of benzene rings is 3. The molecule has 2 heterocycles. The minimum Gasteiger partial charge on any atom is -0.497 e. The normalized spacial score (nSPS) is 11.3. The number of rotatable bonds is 9. The Morgan fingerprint density at radius 1 is 0.951 bits per heavy atom. The van der Waals surface area contributed by atoms with Crippen molar-refractivity contribution in [3.8, 4) is 16.3 Å². The Hall–Kier alpha value is -4.26. The van der Waals surface area contributed by atoms with Gasteiger partial charge in [-0.25, -0.2) is 18.2 Å². The highest BCUT2D eigenvalue weighted by Gasteiger charge is 2.26. The molecular formula is C29H25N3O6S3. The summed E-state index contributed by atoms with van der Waals surface area (Å²) in [6.45, 7) is 3.72. The number of thiophene rings is 1. The molecule has 9 nitrogen and oxygen atoms in total. The number of thiazole rings is 1. The van der Waals surface area contributed by atoms with Crippen LogP contribution in [0.15, 0.2) is 77.7 Å². The first-order valence-electron chi connectivity index (χ1n) is 12.5. The number of methoxy groups -OCH3 is 1. The van der Waals surface area contributed by atoms with E-state index < -0.39 is 21.9 Å². The summed E-state index contributed by atoms with van der Waals surface area (Å²) in [6, 6.07) is 19.9. The number of aromatic nitrogens is 1. The van der Waals surface area contributed by atoms with Gasteiger partial charge in [0, 0.05) is 5.56 Å². The van der Waals surface area contributed by atoms with Gasteiger partial charge in [0.2, 0.25) is 0 Å². The second kappa shape index (κ2) is 11.7. The van der Waals surface area contributed by atoms with Gasteiger partial charge in [-0.3, -0.25) is 9.52 Å². The zero-order chi connectivity index (χ0) is 29.1. The molecule has 0 spiro atoms. The van der Waals surface area contributed by atoms with Crippen LogP contribution in [0.5, 0.6) is 5.75 Å². The molecule has 12 heteroatoms. The maximum absolute atomic E-state index is 13.6. The van der Waals surface area contributed by atoms with E-state index in [-0.39, 0.29) is 22.8 Å². The molecule has 2 N–H and O–H groups in total. The zero-order valence-electron chi connectivity index (χ0n) is 22.3. The van der Waals surface area contributed by atoms with Gasteiger partial charge in [-0.05, 0) is 67.9 Å². The Labute approximate surface area is 244 Å². The van der Waals surface area contributed by atoms with E-state index in [2.05, 4.69) is 10.0 Å². The van der Waals surface area contributed by atoms with E-state index in [9.17, 15) is 18.0 Å². The Bertz CT molecular complexity index is 1830. The number of carbonyl (C=O) groups excluding carboxylic acids is 2. The number of amides is 1. The fourth-order valence-corrected chi connectivity index (χ4v) is 7.44. The number of carbonyl (C=O) groups is 2. The highest BCUT2D eigenvalue weighted by Crippen LogP contribution is 2.44. The molecule has 2 aromatic heterocycles. The summed E-state index contributed by atoms with van der Waals surface area (Å²) in [4.78, 5) is 31.5. The number of hydrogen-bond acceptors (Lipinski definition) is 9. The zero-order valence-corrected chi connectivity index (χ0v) is 24.7. The number of nitrogens with one attached hydrogen (secondary N) is 2. The summed E-state index contributed by atoms with van der Waals surface area (Å²) in [5.41, 5.74) is 2.25. The van der Waals surface area contributed by atoms with E-state index in [1.807, 2.05) is 24.3 Å². The van der Waals surface area contributed by atoms with Gasteiger partial charge in [0.1, 0.15) is 20.6 Å². The first-order valence-corrected chi connectivity index (χ1v) is 15.6. The van der Waals surface area contributed by atoms with Crippen molar-refractivity contribution >= 4 is 65.5 Å². The quantitative estimate of drug-likeness (QED) is 0.182. The van der Waals surface area contributed by atoms with Crippen LogP contribution < -0.4 is 14.8 Å². The van der Waals surface area contributed by atoms with Crippen LogP contribution in [0.1, 0.15) is 32.5 Å². The van der Waals surface area contributed by atoms with Crippen molar-refractivity contribution in [3.63, 3.8) is 0 Å². The molecule has 0 aliphatic carbocycles. The van der Waals surface area contributed by atoms with Crippen molar-refractivity contribution in [1.82, 2.24) is 4.98 Å². The first-order chi connectivity index (χ1) is 19.7. The predicted octanol–water partition coefficient (Wildman–Crippen LogP) is 6.57. The number of hydrogen-bond donors (Lipinski definition) is 2. The summed E-state index contributed by atoms with van der Waals surface area (Å²) < 4.78 is 40.0.